The monoisotopic (exact) mass is 364 g/mol. The lowest BCUT2D eigenvalue weighted by Gasteiger charge is -2.44. The smallest absolute Gasteiger partial charge is 0.253 e. The van der Waals surface area contributed by atoms with Gasteiger partial charge in [0, 0.05) is 28.3 Å². The molecule has 1 saturated heterocycles. The lowest BCUT2D eigenvalue weighted by molar-refractivity contribution is -0.303. The van der Waals surface area contributed by atoms with Crippen molar-refractivity contribution in [3.63, 3.8) is 0 Å². The quantitative estimate of drug-likeness (QED) is 0.567. The van der Waals surface area contributed by atoms with Crippen molar-refractivity contribution in [2.45, 2.75) is 44.5 Å². The van der Waals surface area contributed by atoms with Gasteiger partial charge in [-0.1, -0.05) is 13.8 Å². The van der Waals surface area contributed by atoms with E-state index < -0.39 is 17.3 Å². The molecule has 7 heteroatoms. The van der Waals surface area contributed by atoms with E-state index in [4.69, 9.17) is 9.47 Å². The number of carbonyl (C=O) groups excluding carboxylic acids is 2. The Morgan fingerprint density at radius 1 is 1.20 bits per heavy atom. The lowest BCUT2D eigenvalue weighted by Crippen LogP contribution is -2.55. The third kappa shape index (κ3) is 5.59. The minimum atomic E-state index is -0.822. The molecule has 1 aliphatic heterocycles. The fraction of sp³-hybridized carbons (Fsp3) is 0.444. The van der Waals surface area contributed by atoms with Crippen LogP contribution < -0.4 is 10.6 Å². The number of anilines is 1. The second-order valence-electron chi connectivity index (χ2n) is 7.05. The third-order valence-corrected chi connectivity index (χ3v) is 4.03. The van der Waals surface area contributed by atoms with Crippen molar-refractivity contribution >= 4 is 30.1 Å². The molecule has 25 heavy (non-hydrogen) atoms. The number of nitrogens with one attached hydrogen (secondary N) is 2. The predicted molar refractivity (Wildman–Crippen MR) is 98.3 cm³/mol. The lowest BCUT2D eigenvalue weighted by atomic mass is 9.85. The first kappa shape index (κ1) is 19.5. The van der Waals surface area contributed by atoms with Crippen molar-refractivity contribution in [3.8, 4) is 0 Å². The number of ether oxygens (including phenoxy) is 2. The van der Waals surface area contributed by atoms with Crippen LogP contribution in [0.3, 0.4) is 0 Å². The van der Waals surface area contributed by atoms with E-state index in [0.29, 0.717) is 12.3 Å². The Labute approximate surface area is 153 Å². The standard InChI is InChI=1S/C18H24N2O4S/c1-17(2)11-23-18(3,4)24-15(17)16(22)19-10-9-14(21)20-12-5-7-13(25)8-6-12/h5-10,15,25H,11H2,1-4H3,(H,19,22)(H,20,21)/b10-9+/t15-/m0/s1. The Balaban J connectivity index is 1.90. The summed E-state index contributed by atoms with van der Waals surface area (Å²) in [6.07, 6.45) is 1.89. The van der Waals surface area contributed by atoms with Gasteiger partial charge < -0.3 is 20.1 Å². The second-order valence-corrected chi connectivity index (χ2v) is 7.57. The maximum absolute atomic E-state index is 12.4. The van der Waals surface area contributed by atoms with Crippen molar-refractivity contribution in [3.05, 3.63) is 36.5 Å². The molecule has 1 fully saturated rings. The second kappa shape index (κ2) is 7.59. The number of thiol groups is 1. The van der Waals surface area contributed by atoms with Crippen molar-refractivity contribution < 1.29 is 19.1 Å². The molecule has 0 saturated carbocycles. The summed E-state index contributed by atoms with van der Waals surface area (Å²) in [7, 11) is 0. The normalized spacial score (nSPS) is 21.7. The van der Waals surface area contributed by atoms with Crippen molar-refractivity contribution in [2.75, 3.05) is 11.9 Å². The highest BCUT2D eigenvalue weighted by Crippen LogP contribution is 2.34. The van der Waals surface area contributed by atoms with Crippen molar-refractivity contribution in [1.82, 2.24) is 5.32 Å². The number of hydrogen-bond acceptors (Lipinski definition) is 5. The maximum Gasteiger partial charge on any atom is 0.253 e. The summed E-state index contributed by atoms with van der Waals surface area (Å²) < 4.78 is 11.3. The van der Waals surface area contributed by atoms with Crippen LogP contribution in [0, 0.1) is 5.41 Å². The van der Waals surface area contributed by atoms with Crippen LogP contribution in [-0.2, 0) is 19.1 Å². The minimum absolute atomic E-state index is 0.315. The van der Waals surface area contributed by atoms with Crippen LogP contribution in [0.4, 0.5) is 5.69 Å². The molecule has 1 aromatic rings. The summed E-state index contributed by atoms with van der Waals surface area (Å²) in [5.41, 5.74) is 0.180. The molecule has 0 unspecified atom stereocenters. The van der Waals surface area contributed by atoms with Gasteiger partial charge in [0.1, 0.15) is 6.10 Å². The molecular weight excluding hydrogens is 340 g/mol. The van der Waals surface area contributed by atoms with Crippen molar-refractivity contribution in [2.24, 2.45) is 5.41 Å². The highest BCUT2D eigenvalue weighted by Gasteiger charge is 2.45. The van der Waals surface area contributed by atoms with Gasteiger partial charge in [-0.25, -0.2) is 0 Å². The van der Waals surface area contributed by atoms with Crippen molar-refractivity contribution in [1.29, 1.82) is 0 Å². The molecule has 0 spiro atoms. The number of hydrogen-bond donors (Lipinski definition) is 3. The Hall–Kier alpha value is -1.83. The molecule has 6 nitrogen and oxygen atoms in total. The van der Waals surface area contributed by atoms with Crippen LogP contribution in [0.5, 0.6) is 0 Å². The summed E-state index contributed by atoms with van der Waals surface area (Å²) >= 11 is 4.18. The zero-order chi connectivity index (χ0) is 18.7. The molecule has 2 rings (SSSR count). The molecule has 0 bridgehead atoms. The van der Waals surface area contributed by atoms with Gasteiger partial charge in [-0.15, -0.1) is 12.6 Å². The fourth-order valence-corrected chi connectivity index (χ4v) is 2.47. The maximum atomic E-state index is 12.4. The van der Waals surface area contributed by atoms with Crippen LogP contribution in [-0.4, -0.2) is 30.3 Å². The molecular formula is C18H24N2O4S. The van der Waals surface area contributed by atoms with E-state index in [2.05, 4.69) is 23.3 Å². The van der Waals surface area contributed by atoms with E-state index in [9.17, 15) is 9.59 Å². The average Bonchev–Trinajstić information content (AvgIpc) is 2.52. The fourth-order valence-electron chi connectivity index (χ4n) is 2.33. The molecule has 2 amide bonds. The minimum Gasteiger partial charge on any atom is -0.350 e. The van der Waals surface area contributed by atoms with Gasteiger partial charge in [0.2, 0.25) is 5.91 Å². The average molecular weight is 364 g/mol. The number of rotatable bonds is 4. The van der Waals surface area contributed by atoms with Gasteiger partial charge in [0.15, 0.2) is 5.79 Å². The third-order valence-electron chi connectivity index (χ3n) is 3.74. The number of amides is 2. The number of benzene rings is 1. The zero-order valence-electron chi connectivity index (χ0n) is 14.8. The molecule has 0 aliphatic carbocycles. The molecule has 136 valence electrons. The molecule has 1 heterocycles. The summed E-state index contributed by atoms with van der Waals surface area (Å²) in [6, 6.07) is 7.04. The van der Waals surface area contributed by atoms with Crippen LogP contribution in [0.25, 0.3) is 0 Å². The molecule has 1 atom stereocenters. The topological polar surface area (TPSA) is 76.7 Å². The molecule has 0 radical (unpaired) electrons. The largest absolute Gasteiger partial charge is 0.350 e. The zero-order valence-corrected chi connectivity index (χ0v) is 15.7. The van der Waals surface area contributed by atoms with Gasteiger partial charge in [-0.2, -0.15) is 0 Å². The van der Waals surface area contributed by atoms with Gasteiger partial charge in [-0.3, -0.25) is 9.59 Å². The van der Waals surface area contributed by atoms with Gasteiger partial charge in [-0.05, 0) is 38.1 Å². The van der Waals surface area contributed by atoms with Gasteiger partial charge in [0.05, 0.1) is 6.61 Å². The molecule has 0 aromatic heterocycles. The van der Waals surface area contributed by atoms with Gasteiger partial charge >= 0.3 is 0 Å². The Morgan fingerprint density at radius 3 is 2.48 bits per heavy atom. The summed E-state index contributed by atoms with van der Waals surface area (Å²) in [5, 5.41) is 5.29. The summed E-state index contributed by atoms with van der Waals surface area (Å²) in [4.78, 5) is 25.1. The predicted octanol–water partition coefficient (Wildman–Crippen LogP) is 2.72. The van der Waals surface area contributed by atoms with Crippen LogP contribution >= 0.6 is 12.6 Å². The first-order valence-corrected chi connectivity index (χ1v) is 8.42. The van der Waals surface area contributed by atoms with E-state index in [1.165, 1.54) is 12.3 Å². The number of carbonyl (C=O) groups is 2. The van der Waals surface area contributed by atoms with E-state index in [0.717, 1.165) is 4.90 Å². The first-order valence-electron chi connectivity index (χ1n) is 7.98. The SMILES string of the molecule is CC1(C)OCC(C)(C)[C@H](C(=O)N/C=C/C(=O)Nc2ccc(S)cc2)O1. The van der Waals surface area contributed by atoms with Gasteiger partial charge in [0.25, 0.3) is 5.91 Å². The highest BCUT2D eigenvalue weighted by molar-refractivity contribution is 7.80. The molecule has 2 N–H and O–H groups in total. The van der Waals surface area contributed by atoms with E-state index in [-0.39, 0.29) is 11.8 Å². The summed E-state index contributed by atoms with van der Waals surface area (Å²) in [5.74, 6) is -1.48. The Morgan fingerprint density at radius 2 is 1.84 bits per heavy atom. The highest BCUT2D eigenvalue weighted by atomic mass is 32.1. The summed E-state index contributed by atoms with van der Waals surface area (Å²) in [6.45, 7) is 7.73. The van der Waals surface area contributed by atoms with Crippen LogP contribution in [0.2, 0.25) is 0 Å². The van der Waals surface area contributed by atoms with E-state index in [1.54, 1.807) is 38.1 Å². The van der Waals surface area contributed by atoms with Crippen LogP contribution in [0.15, 0.2) is 41.4 Å². The molecule has 1 aromatic carbocycles. The first-order chi connectivity index (χ1) is 11.6. The molecule has 1 aliphatic rings. The Kier molecular flexibility index (Phi) is 5.92. The van der Waals surface area contributed by atoms with E-state index >= 15 is 0 Å². The Bertz CT molecular complexity index is 668. The van der Waals surface area contributed by atoms with Crippen LogP contribution in [0.1, 0.15) is 27.7 Å². The van der Waals surface area contributed by atoms with E-state index in [1.807, 2.05) is 13.8 Å².